The van der Waals surface area contributed by atoms with E-state index in [0.717, 1.165) is 28.6 Å². The fraction of sp³-hybridized carbons (Fsp3) is 0.250. The van der Waals surface area contributed by atoms with E-state index in [2.05, 4.69) is 22.9 Å². The highest BCUT2D eigenvalue weighted by Gasteiger charge is 2.10. The number of hydrogen-bond donors (Lipinski definition) is 1. The third kappa shape index (κ3) is 3.98. The lowest BCUT2D eigenvalue weighted by molar-refractivity contribution is 0.472. The van der Waals surface area contributed by atoms with Crippen molar-refractivity contribution in [2.75, 3.05) is 0 Å². The van der Waals surface area contributed by atoms with Gasteiger partial charge >= 0.3 is 0 Å². The standard InChI is InChI=1S/C16H17BrClNO/c1-2-13(19)9-11-5-3-4-6-15(11)20-16-8-7-12(17)10-14(16)18/h3-8,10,13H,2,9,19H2,1H3. The molecule has 0 fully saturated rings. The van der Waals surface area contributed by atoms with E-state index in [1.807, 2.05) is 42.5 Å². The van der Waals surface area contributed by atoms with Crippen molar-refractivity contribution >= 4 is 27.5 Å². The Kier molecular flexibility index (Phi) is 5.46. The number of halogens is 2. The first kappa shape index (κ1) is 15.4. The molecule has 0 amide bonds. The van der Waals surface area contributed by atoms with Crippen LogP contribution in [0, 0.1) is 0 Å². The first-order chi connectivity index (χ1) is 9.60. The van der Waals surface area contributed by atoms with Crippen LogP contribution in [0.5, 0.6) is 11.5 Å². The van der Waals surface area contributed by atoms with Crippen molar-refractivity contribution in [3.63, 3.8) is 0 Å². The number of benzene rings is 2. The van der Waals surface area contributed by atoms with E-state index in [1.165, 1.54) is 0 Å². The molecule has 20 heavy (non-hydrogen) atoms. The summed E-state index contributed by atoms with van der Waals surface area (Å²) in [7, 11) is 0. The molecule has 0 saturated heterocycles. The topological polar surface area (TPSA) is 35.2 Å². The highest BCUT2D eigenvalue weighted by Crippen LogP contribution is 2.33. The number of para-hydroxylation sites is 1. The second kappa shape index (κ2) is 7.11. The van der Waals surface area contributed by atoms with E-state index < -0.39 is 0 Å². The summed E-state index contributed by atoms with van der Waals surface area (Å²) in [6.07, 6.45) is 1.73. The summed E-state index contributed by atoms with van der Waals surface area (Å²) in [4.78, 5) is 0. The Labute approximate surface area is 133 Å². The first-order valence-electron chi connectivity index (χ1n) is 6.56. The van der Waals surface area contributed by atoms with Gasteiger partial charge in [-0.2, -0.15) is 0 Å². The van der Waals surface area contributed by atoms with Gasteiger partial charge in [0.15, 0.2) is 0 Å². The van der Waals surface area contributed by atoms with Gasteiger partial charge in [0.05, 0.1) is 5.02 Å². The fourth-order valence-corrected chi connectivity index (χ4v) is 2.59. The van der Waals surface area contributed by atoms with Crippen LogP contribution in [0.25, 0.3) is 0 Å². The third-order valence-electron chi connectivity index (χ3n) is 3.09. The quantitative estimate of drug-likeness (QED) is 0.803. The van der Waals surface area contributed by atoms with E-state index in [-0.39, 0.29) is 6.04 Å². The summed E-state index contributed by atoms with van der Waals surface area (Å²) in [5, 5.41) is 0.578. The second-order valence-electron chi connectivity index (χ2n) is 4.66. The molecule has 2 N–H and O–H groups in total. The van der Waals surface area contributed by atoms with E-state index in [4.69, 9.17) is 22.1 Å². The van der Waals surface area contributed by atoms with Gasteiger partial charge in [0.2, 0.25) is 0 Å². The molecule has 0 aliphatic rings. The predicted octanol–water partition coefficient (Wildman–Crippen LogP) is 5.17. The molecule has 4 heteroatoms. The maximum atomic E-state index is 6.19. The van der Waals surface area contributed by atoms with Crippen molar-refractivity contribution in [3.8, 4) is 11.5 Å². The van der Waals surface area contributed by atoms with Crippen LogP contribution in [0.4, 0.5) is 0 Å². The minimum atomic E-state index is 0.139. The van der Waals surface area contributed by atoms with Gasteiger partial charge in [0.1, 0.15) is 11.5 Å². The minimum absolute atomic E-state index is 0.139. The summed E-state index contributed by atoms with van der Waals surface area (Å²) < 4.78 is 6.86. The Morgan fingerprint density at radius 1 is 1.20 bits per heavy atom. The summed E-state index contributed by atoms with van der Waals surface area (Å²) in [5.41, 5.74) is 7.13. The minimum Gasteiger partial charge on any atom is -0.456 e. The van der Waals surface area contributed by atoms with Crippen LogP contribution in [0.15, 0.2) is 46.9 Å². The molecule has 106 valence electrons. The molecule has 0 saturated carbocycles. The van der Waals surface area contributed by atoms with Gasteiger partial charge in [-0.3, -0.25) is 0 Å². The van der Waals surface area contributed by atoms with Gasteiger partial charge in [-0.15, -0.1) is 0 Å². The molecule has 2 rings (SSSR count). The van der Waals surface area contributed by atoms with Gasteiger partial charge in [0.25, 0.3) is 0 Å². The number of nitrogens with two attached hydrogens (primary N) is 1. The molecule has 0 aromatic heterocycles. The second-order valence-corrected chi connectivity index (χ2v) is 5.98. The first-order valence-corrected chi connectivity index (χ1v) is 7.73. The largest absolute Gasteiger partial charge is 0.456 e. The van der Waals surface area contributed by atoms with Crippen LogP contribution in [-0.2, 0) is 6.42 Å². The van der Waals surface area contributed by atoms with Crippen molar-refractivity contribution in [2.24, 2.45) is 5.73 Å². The maximum absolute atomic E-state index is 6.19. The van der Waals surface area contributed by atoms with Crippen LogP contribution in [0.3, 0.4) is 0 Å². The van der Waals surface area contributed by atoms with Crippen molar-refractivity contribution in [3.05, 3.63) is 57.5 Å². The van der Waals surface area contributed by atoms with E-state index in [0.29, 0.717) is 10.8 Å². The van der Waals surface area contributed by atoms with Gasteiger partial charge < -0.3 is 10.5 Å². The Morgan fingerprint density at radius 3 is 2.65 bits per heavy atom. The van der Waals surface area contributed by atoms with Crippen LogP contribution < -0.4 is 10.5 Å². The summed E-state index contributed by atoms with van der Waals surface area (Å²) in [6, 6.07) is 13.6. The Bertz CT molecular complexity index is 588. The lowest BCUT2D eigenvalue weighted by Gasteiger charge is -2.14. The van der Waals surface area contributed by atoms with Crippen molar-refractivity contribution in [2.45, 2.75) is 25.8 Å². The third-order valence-corrected chi connectivity index (χ3v) is 3.88. The number of rotatable bonds is 5. The van der Waals surface area contributed by atoms with Gasteiger partial charge in [-0.25, -0.2) is 0 Å². The van der Waals surface area contributed by atoms with Gasteiger partial charge in [-0.1, -0.05) is 52.7 Å². The Balaban J connectivity index is 2.24. The van der Waals surface area contributed by atoms with E-state index >= 15 is 0 Å². The molecule has 0 aliphatic carbocycles. The van der Waals surface area contributed by atoms with Crippen molar-refractivity contribution < 1.29 is 4.74 Å². The molecular formula is C16H17BrClNO. The van der Waals surface area contributed by atoms with Crippen molar-refractivity contribution in [1.29, 1.82) is 0 Å². The zero-order valence-electron chi connectivity index (χ0n) is 11.3. The van der Waals surface area contributed by atoms with Crippen LogP contribution in [-0.4, -0.2) is 6.04 Å². The van der Waals surface area contributed by atoms with Gasteiger partial charge in [-0.05, 0) is 42.7 Å². The summed E-state index contributed by atoms with van der Waals surface area (Å²) in [5.74, 6) is 1.45. The fourth-order valence-electron chi connectivity index (χ4n) is 1.88. The van der Waals surface area contributed by atoms with Gasteiger partial charge in [0, 0.05) is 10.5 Å². The SMILES string of the molecule is CCC(N)Cc1ccccc1Oc1ccc(Br)cc1Cl. The van der Waals surface area contributed by atoms with Crippen LogP contribution in [0.1, 0.15) is 18.9 Å². The van der Waals surface area contributed by atoms with Crippen LogP contribution in [0.2, 0.25) is 5.02 Å². The Hall–Kier alpha value is -1.03. The lowest BCUT2D eigenvalue weighted by atomic mass is 10.0. The number of hydrogen-bond acceptors (Lipinski definition) is 2. The smallest absolute Gasteiger partial charge is 0.146 e. The molecule has 2 nitrogen and oxygen atoms in total. The molecule has 0 radical (unpaired) electrons. The summed E-state index contributed by atoms with van der Waals surface area (Å²) in [6.45, 7) is 2.08. The molecule has 1 unspecified atom stereocenters. The summed E-state index contributed by atoms with van der Waals surface area (Å²) >= 11 is 9.57. The maximum Gasteiger partial charge on any atom is 0.146 e. The molecule has 2 aromatic carbocycles. The van der Waals surface area contributed by atoms with Crippen LogP contribution >= 0.6 is 27.5 Å². The molecule has 0 heterocycles. The molecule has 0 aliphatic heterocycles. The highest BCUT2D eigenvalue weighted by molar-refractivity contribution is 9.10. The van der Waals surface area contributed by atoms with E-state index in [1.54, 1.807) is 0 Å². The monoisotopic (exact) mass is 353 g/mol. The zero-order chi connectivity index (χ0) is 14.5. The molecule has 2 aromatic rings. The molecule has 0 bridgehead atoms. The van der Waals surface area contributed by atoms with Crippen molar-refractivity contribution in [1.82, 2.24) is 0 Å². The molecule has 0 spiro atoms. The lowest BCUT2D eigenvalue weighted by Crippen LogP contribution is -2.21. The predicted molar refractivity (Wildman–Crippen MR) is 87.6 cm³/mol. The Morgan fingerprint density at radius 2 is 1.95 bits per heavy atom. The normalized spacial score (nSPS) is 12.2. The highest BCUT2D eigenvalue weighted by atomic mass is 79.9. The average Bonchev–Trinajstić information content (AvgIpc) is 2.43. The molecule has 1 atom stereocenters. The van der Waals surface area contributed by atoms with E-state index in [9.17, 15) is 0 Å². The molecular weight excluding hydrogens is 338 g/mol. The zero-order valence-corrected chi connectivity index (χ0v) is 13.6. The average molecular weight is 355 g/mol. The number of ether oxygens (including phenoxy) is 1.